The van der Waals surface area contributed by atoms with Crippen LogP contribution in [0.25, 0.3) is 11.3 Å². The van der Waals surface area contributed by atoms with Gasteiger partial charge in [0.1, 0.15) is 10.8 Å². The van der Waals surface area contributed by atoms with Gasteiger partial charge < -0.3 is 14.8 Å². The van der Waals surface area contributed by atoms with Crippen molar-refractivity contribution in [1.29, 1.82) is 0 Å². The molecule has 110 valence electrons. The summed E-state index contributed by atoms with van der Waals surface area (Å²) in [7, 11) is 1.71. The molecule has 2 aliphatic rings. The van der Waals surface area contributed by atoms with Crippen LogP contribution in [0.3, 0.4) is 0 Å². The van der Waals surface area contributed by atoms with E-state index in [1.165, 1.54) is 16.0 Å². The summed E-state index contributed by atoms with van der Waals surface area (Å²) in [6, 6.07) is 6.55. The number of fused-ring (bicyclic) bond motifs is 3. The zero-order valence-electron chi connectivity index (χ0n) is 12.0. The number of aromatic nitrogens is 1. The summed E-state index contributed by atoms with van der Waals surface area (Å²) in [5.41, 5.74) is 3.76. The molecule has 1 atom stereocenters. The lowest BCUT2D eigenvalue weighted by atomic mass is 9.93. The Bertz CT molecular complexity index is 662. The first-order valence-corrected chi connectivity index (χ1v) is 8.15. The Morgan fingerprint density at radius 1 is 1.38 bits per heavy atom. The number of rotatable bonds is 2. The summed E-state index contributed by atoms with van der Waals surface area (Å²) in [6.45, 7) is 2.43. The molecular formula is C16H18N2O2S. The van der Waals surface area contributed by atoms with Gasteiger partial charge in [0.2, 0.25) is 0 Å². The molecular weight excluding hydrogens is 284 g/mol. The molecule has 2 aromatic rings. The quantitative estimate of drug-likeness (QED) is 0.926. The minimum Gasteiger partial charge on any atom is -0.497 e. The molecule has 1 aliphatic heterocycles. The van der Waals surface area contributed by atoms with Crippen molar-refractivity contribution in [3.05, 3.63) is 33.6 Å². The molecule has 5 heteroatoms. The number of thiazole rings is 1. The molecule has 21 heavy (non-hydrogen) atoms. The average Bonchev–Trinajstić information content (AvgIpc) is 2.99. The van der Waals surface area contributed by atoms with Crippen molar-refractivity contribution in [2.45, 2.75) is 18.9 Å². The fraction of sp³-hybridized carbons (Fsp3) is 0.438. The van der Waals surface area contributed by atoms with E-state index >= 15 is 0 Å². The van der Waals surface area contributed by atoms with Gasteiger partial charge in [-0.3, -0.25) is 0 Å². The van der Waals surface area contributed by atoms with E-state index in [-0.39, 0.29) is 6.04 Å². The summed E-state index contributed by atoms with van der Waals surface area (Å²) in [6.07, 6.45) is 2.14. The number of aryl methyl sites for hydroxylation is 2. The first-order chi connectivity index (χ1) is 10.3. The monoisotopic (exact) mass is 302 g/mol. The van der Waals surface area contributed by atoms with Crippen molar-refractivity contribution in [3.63, 3.8) is 0 Å². The molecule has 0 spiro atoms. The summed E-state index contributed by atoms with van der Waals surface area (Å²) in [5, 5.41) is 4.65. The van der Waals surface area contributed by atoms with Gasteiger partial charge in [-0.05, 0) is 36.6 Å². The van der Waals surface area contributed by atoms with Crippen LogP contribution in [0, 0.1) is 0 Å². The van der Waals surface area contributed by atoms with Crippen LogP contribution in [-0.2, 0) is 17.6 Å². The number of nitrogens with one attached hydrogen (secondary N) is 1. The molecule has 1 fully saturated rings. The maximum absolute atomic E-state index is 5.56. The molecule has 1 aromatic carbocycles. The Morgan fingerprint density at radius 3 is 3.14 bits per heavy atom. The summed E-state index contributed by atoms with van der Waals surface area (Å²) in [5.74, 6) is 0.926. The van der Waals surface area contributed by atoms with E-state index in [2.05, 4.69) is 17.4 Å². The Hall–Kier alpha value is -1.43. The number of methoxy groups -OCH3 is 1. The Balaban J connectivity index is 1.71. The SMILES string of the molecule is COc1ccc2c(c1)CCc1sc(C3COCCN3)nc1-2. The van der Waals surface area contributed by atoms with Crippen molar-refractivity contribution in [2.24, 2.45) is 0 Å². The van der Waals surface area contributed by atoms with Gasteiger partial charge in [0.05, 0.1) is 32.1 Å². The molecule has 0 saturated carbocycles. The molecule has 0 amide bonds. The fourth-order valence-electron chi connectivity index (χ4n) is 3.01. The maximum Gasteiger partial charge on any atom is 0.119 e. The van der Waals surface area contributed by atoms with Gasteiger partial charge in [-0.1, -0.05) is 0 Å². The lowest BCUT2D eigenvalue weighted by Gasteiger charge is -2.21. The normalized spacial score (nSPS) is 20.7. The molecule has 2 heterocycles. The average molecular weight is 302 g/mol. The largest absolute Gasteiger partial charge is 0.497 e. The molecule has 1 N–H and O–H groups in total. The maximum atomic E-state index is 5.56. The molecule has 1 aromatic heterocycles. The third-order valence-electron chi connectivity index (χ3n) is 4.12. The molecule has 0 radical (unpaired) electrons. The van der Waals surface area contributed by atoms with Crippen LogP contribution in [0.5, 0.6) is 5.75 Å². The summed E-state index contributed by atoms with van der Waals surface area (Å²) < 4.78 is 10.9. The third kappa shape index (κ3) is 2.35. The number of benzene rings is 1. The van der Waals surface area contributed by atoms with E-state index in [9.17, 15) is 0 Å². The van der Waals surface area contributed by atoms with E-state index in [0.29, 0.717) is 0 Å². The second-order valence-corrected chi connectivity index (χ2v) is 6.54. The molecule has 1 aliphatic carbocycles. The molecule has 4 nitrogen and oxygen atoms in total. The predicted molar refractivity (Wildman–Crippen MR) is 83.1 cm³/mol. The summed E-state index contributed by atoms with van der Waals surface area (Å²) >= 11 is 1.83. The van der Waals surface area contributed by atoms with Crippen molar-refractivity contribution < 1.29 is 9.47 Å². The number of ether oxygens (including phenoxy) is 2. The number of nitrogens with zero attached hydrogens (tertiary/aromatic N) is 1. The van der Waals surface area contributed by atoms with Crippen LogP contribution in [0.1, 0.15) is 21.5 Å². The number of hydrogen-bond donors (Lipinski definition) is 1. The van der Waals surface area contributed by atoms with Gasteiger partial charge in [-0.15, -0.1) is 11.3 Å². The van der Waals surface area contributed by atoms with Crippen LogP contribution in [0.15, 0.2) is 18.2 Å². The van der Waals surface area contributed by atoms with Gasteiger partial charge in [-0.25, -0.2) is 4.98 Å². The van der Waals surface area contributed by atoms with Crippen molar-refractivity contribution in [3.8, 4) is 17.0 Å². The number of morpholine rings is 1. The Kier molecular flexibility index (Phi) is 3.41. The van der Waals surface area contributed by atoms with Gasteiger partial charge in [0, 0.05) is 17.0 Å². The highest BCUT2D eigenvalue weighted by Gasteiger charge is 2.25. The minimum absolute atomic E-state index is 0.246. The second-order valence-electron chi connectivity index (χ2n) is 5.43. The molecule has 0 bridgehead atoms. The molecule has 4 rings (SSSR count). The molecule has 1 unspecified atom stereocenters. The zero-order valence-corrected chi connectivity index (χ0v) is 12.8. The van der Waals surface area contributed by atoms with Gasteiger partial charge in [-0.2, -0.15) is 0 Å². The zero-order chi connectivity index (χ0) is 14.2. The van der Waals surface area contributed by atoms with Crippen LogP contribution in [-0.4, -0.2) is 31.9 Å². The van der Waals surface area contributed by atoms with E-state index in [0.717, 1.165) is 49.1 Å². The predicted octanol–water partition coefficient (Wildman–Crippen LogP) is 2.58. The molecule has 1 saturated heterocycles. The number of hydrogen-bond acceptors (Lipinski definition) is 5. The first kappa shape index (κ1) is 13.2. The van der Waals surface area contributed by atoms with Gasteiger partial charge in [0.15, 0.2) is 0 Å². The fourth-order valence-corrected chi connectivity index (χ4v) is 4.15. The Morgan fingerprint density at radius 2 is 2.33 bits per heavy atom. The van der Waals surface area contributed by atoms with Gasteiger partial charge in [0.25, 0.3) is 0 Å². The third-order valence-corrected chi connectivity index (χ3v) is 5.35. The van der Waals surface area contributed by atoms with Crippen LogP contribution < -0.4 is 10.1 Å². The van der Waals surface area contributed by atoms with E-state index in [4.69, 9.17) is 14.5 Å². The van der Waals surface area contributed by atoms with Crippen molar-refractivity contribution in [1.82, 2.24) is 10.3 Å². The summed E-state index contributed by atoms with van der Waals surface area (Å²) in [4.78, 5) is 6.30. The van der Waals surface area contributed by atoms with E-state index in [1.54, 1.807) is 7.11 Å². The standard InChI is InChI=1S/C16H18N2O2S/c1-19-11-3-4-12-10(8-11)2-5-14-15(12)18-16(21-14)13-9-20-7-6-17-13/h3-4,8,13,17H,2,5-7,9H2,1H3. The minimum atomic E-state index is 0.246. The van der Waals surface area contributed by atoms with E-state index < -0.39 is 0 Å². The topological polar surface area (TPSA) is 43.4 Å². The first-order valence-electron chi connectivity index (χ1n) is 7.33. The Labute approximate surface area is 128 Å². The van der Waals surface area contributed by atoms with Crippen molar-refractivity contribution in [2.75, 3.05) is 26.9 Å². The van der Waals surface area contributed by atoms with Crippen LogP contribution in [0.2, 0.25) is 0 Å². The highest BCUT2D eigenvalue weighted by Crippen LogP contribution is 2.39. The van der Waals surface area contributed by atoms with Crippen molar-refractivity contribution >= 4 is 11.3 Å². The van der Waals surface area contributed by atoms with Crippen LogP contribution >= 0.6 is 11.3 Å². The smallest absolute Gasteiger partial charge is 0.119 e. The lowest BCUT2D eigenvalue weighted by Crippen LogP contribution is -2.34. The van der Waals surface area contributed by atoms with E-state index in [1.807, 2.05) is 17.4 Å². The second kappa shape index (κ2) is 5.40. The lowest BCUT2D eigenvalue weighted by molar-refractivity contribution is 0.0768. The highest BCUT2D eigenvalue weighted by atomic mass is 32.1. The van der Waals surface area contributed by atoms with Gasteiger partial charge >= 0.3 is 0 Å². The highest BCUT2D eigenvalue weighted by molar-refractivity contribution is 7.12. The van der Waals surface area contributed by atoms with Crippen LogP contribution in [0.4, 0.5) is 0 Å².